The summed E-state index contributed by atoms with van der Waals surface area (Å²) < 4.78 is 23.3. The van der Waals surface area contributed by atoms with Crippen molar-refractivity contribution in [3.05, 3.63) is 53.5 Å². The van der Waals surface area contributed by atoms with Gasteiger partial charge in [0.2, 0.25) is 0 Å². The maximum atomic E-state index is 12.4. The normalized spacial score (nSPS) is 16.3. The first-order chi connectivity index (χ1) is 12.6. The van der Waals surface area contributed by atoms with Gasteiger partial charge in [-0.2, -0.15) is 0 Å². The molecule has 1 atom stereocenters. The number of carbonyl (C=O) groups is 1. The fourth-order valence-electron chi connectivity index (χ4n) is 2.79. The van der Waals surface area contributed by atoms with E-state index in [1.54, 1.807) is 12.1 Å². The molecule has 2 aromatic rings. The number of ether oxygens (including phenoxy) is 1. The molecule has 1 amide bonds. The van der Waals surface area contributed by atoms with E-state index in [2.05, 4.69) is 10.2 Å². The van der Waals surface area contributed by atoms with Crippen molar-refractivity contribution in [3.8, 4) is 0 Å². The summed E-state index contributed by atoms with van der Waals surface area (Å²) in [4.78, 5) is 15.2. The number of amides is 1. The van der Waals surface area contributed by atoms with E-state index in [1.165, 1.54) is 0 Å². The van der Waals surface area contributed by atoms with Gasteiger partial charge in [-0.15, -0.1) is 0 Å². The third-order valence-electron chi connectivity index (χ3n) is 4.23. The first kappa shape index (κ1) is 18.8. The summed E-state index contributed by atoms with van der Waals surface area (Å²) in [5.74, 6) is 0.807. The van der Waals surface area contributed by atoms with Crippen LogP contribution in [0.5, 0.6) is 0 Å². The van der Waals surface area contributed by atoms with Crippen LogP contribution in [0.1, 0.15) is 21.9 Å². The molecule has 0 saturated carbocycles. The lowest BCUT2D eigenvalue weighted by Crippen LogP contribution is -2.41. The molecule has 0 aliphatic carbocycles. The number of morpholine rings is 1. The quantitative estimate of drug-likeness (QED) is 0.800. The molecule has 2 heterocycles. The number of carbonyl (C=O) groups excluding carboxylic acids is 1. The molecule has 1 aromatic carbocycles. The van der Waals surface area contributed by atoms with Crippen LogP contribution in [-0.4, -0.2) is 54.4 Å². The molecule has 0 unspecified atom stereocenters. The van der Waals surface area contributed by atoms with Crippen molar-refractivity contribution in [1.82, 2.24) is 10.2 Å². The minimum Gasteiger partial charge on any atom is -0.455 e. The molecule has 1 aliphatic rings. The van der Waals surface area contributed by atoms with Gasteiger partial charge in [0.15, 0.2) is 5.76 Å². The largest absolute Gasteiger partial charge is 0.455 e. The van der Waals surface area contributed by atoms with Crippen molar-refractivity contribution in [2.45, 2.75) is 17.6 Å². The van der Waals surface area contributed by atoms with Gasteiger partial charge in [-0.1, -0.05) is 12.1 Å². The van der Waals surface area contributed by atoms with E-state index in [0.717, 1.165) is 43.3 Å². The maximum absolute atomic E-state index is 12.4. The SMILES string of the molecule is Cc1cccc([S@](=O)Cc2ccc(C(=O)NCCN3CCOCC3)o2)c1. The lowest BCUT2D eigenvalue weighted by Gasteiger charge is -2.26. The van der Waals surface area contributed by atoms with E-state index in [-0.39, 0.29) is 17.4 Å². The summed E-state index contributed by atoms with van der Waals surface area (Å²) in [6, 6.07) is 10.9. The van der Waals surface area contributed by atoms with Crippen LogP contribution >= 0.6 is 0 Å². The zero-order valence-corrected chi connectivity index (χ0v) is 15.7. The van der Waals surface area contributed by atoms with Crippen LogP contribution in [0.25, 0.3) is 0 Å². The van der Waals surface area contributed by atoms with Crippen LogP contribution in [0, 0.1) is 6.92 Å². The van der Waals surface area contributed by atoms with E-state index >= 15 is 0 Å². The Hall–Kier alpha value is -1.96. The maximum Gasteiger partial charge on any atom is 0.287 e. The zero-order chi connectivity index (χ0) is 18.4. The third kappa shape index (κ3) is 5.27. The Morgan fingerprint density at radius 3 is 2.81 bits per heavy atom. The Morgan fingerprint density at radius 2 is 2.04 bits per heavy atom. The van der Waals surface area contributed by atoms with Gasteiger partial charge in [-0.25, -0.2) is 0 Å². The van der Waals surface area contributed by atoms with Crippen LogP contribution in [0.2, 0.25) is 0 Å². The second kappa shape index (κ2) is 9.12. The molecule has 1 aromatic heterocycles. The summed E-state index contributed by atoms with van der Waals surface area (Å²) >= 11 is 0. The topological polar surface area (TPSA) is 71.8 Å². The van der Waals surface area contributed by atoms with Crippen molar-refractivity contribution in [2.24, 2.45) is 0 Å². The number of aryl methyl sites for hydroxylation is 1. The first-order valence-corrected chi connectivity index (χ1v) is 10.1. The van der Waals surface area contributed by atoms with E-state index < -0.39 is 10.8 Å². The molecular formula is C19H24N2O4S. The molecular weight excluding hydrogens is 352 g/mol. The van der Waals surface area contributed by atoms with Crippen LogP contribution in [-0.2, 0) is 21.3 Å². The van der Waals surface area contributed by atoms with E-state index in [9.17, 15) is 9.00 Å². The van der Waals surface area contributed by atoms with Gasteiger partial charge in [0.05, 0.1) is 29.8 Å². The monoisotopic (exact) mass is 376 g/mol. The van der Waals surface area contributed by atoms with E-state index in [4.69, 9.17) is 9.15 Å². The van der Waals surface area contributed by atoms with Gasteiger partial charge in [-0.05, 0) is 36.8 Å². The predicted molar refractivity (Wildman–Crippen MR) is 99.6 cm³/mol. The molecule has 0 spiro atoms. The van der Waals surface area contributed by atoms with Crippen LogP contribution < -0.4 is 5.32 Å². The van der Waals surface area contributed by atoms with Gasteiger partial charge >= 0.3 is 0 Å². The minimum atomic E-state index is -1.20. The van der Waals surface area contributed by atoms with Crippen LogP contribution in [0.15, 0.2) is 45.7 Å². The average Bonchev–Trinajstić information content (AvgIpc) is 3.11. The molecule has 6 nitrogen and oxygen atoms in total. The van der Waals surface area contributed by atoms with E-state index in [1.807, 2.05) is 31.2 Å². The highest BCUT2D eigenvalue weighted by atomic mass is 32.2. The predicted octanol–water partition coefficient (Wildman–Crippen LogP) is 1.96. The Bertz CT molecular complexity index is 768. The third-order valence-corrected chi connectivity index (χ3v) is 5.55. The van der Waals surface area contributed by atoms with Gasteiger partial charge in [0.1, 0.15) is 5.76 Å². The summed E-state index contributed by atoms with van der Waals surface area (Å²) in [6.07, 6.45) is 0. The fraction of sp³-hybridized carbons (Fsp3) is 0.421. The smallest absolute Gasteiger partial charge is 0.287 e. The molecule has 0 bridgehead atoms. The highest BCUT2D eigenvalue weighted by Crippen LogP contribution is 2.16. The minimum absolute atomic E-state index is 0.245. The van der Waals surface area contributed by atoms with Crippen molar-refractivity contribution in [1.29, 1.82) is 0 Å². The van der Waals surface area contributed by atoms with E-state index in [0.29, 0.717) is 12.3 Å². The standard InChI is InChI=1S/C19H24N2O4S/c1-15-3-2-4-17(13-15)26(23)14-16-5-6-18(25-16)19(22)20-7-8-21-9-11-24-12-10-21/h2-6,13H,7-12,14H2,1H3,(H,20,22)/t26-/m1/s1. The molecule has 26 heavy (non-hydrogen) atoms. The number of nitrogens with zero attached hydrogens (tertiary/aromatic N) is 1. The number of furan rings is 1. The zero-order valence-electron chi connectivity index (χ0n) is 14.9. The Morgan fingerprint density at radius 1 is 1.23 bits per heavy atom. The van der Waals surface area contributed by atoms with Crippen molar-refractivity contribution < 1.29 is 18.2 Å². The molecule has 0 radical (unpaired) electrons. The van der Waals surface area contributed by atoms with Gasteiger partial charge in [-0.3, -0.25) is 13.9 Å². The molecule has 3 rings (SSSR count). The van der Waals surface area contributed by atoms with Crippen LogP contribution in [0.4, 0.5) is 0 Å². The number of rotatable bonds is 7. The average molecular weight is 376 g/mol. The lowest BCUT2D eigenvalue weighted by atomic mass is 10.2. The summed E-state index contributed by atoms with van der Waals surface area (Å²) in [5, 5.41) is 2.86. The molecule has 7 heteroatoms. The molecule has 1 fully saturated rings. The van der Waals surface area contributed by atoms with Gasteiger partial charge in [0, 0.05) is 31.1 Å². The second-order valence-electron chi connectivity index (χ2n) is 6.28. The molecule has 1 aliphatic heterocycles. The number of hydrogen-bond acceptors (Lipinski definition) is 5. The van der Waals surface area contributed by atoms with Gasteiger partial charge in [0.25, 0.3) is 5.91 Å². The highest BCUT2D eigenvalue weighted by molar-refractivity contribution is 7.84. The highest BCUT2D eigenvalue weighted by Gasteiger charge is 2.15. The van der Waals surface area contributed by atoms with Crippen LogP contribution in [0.3, 0.4) is 0 Å². The Kier molecular flexibility index (Phi) is 6.60. The Balaban J connectivity index is 1.48. The summed E-state index contributed by atoms with van der Waals surface area (Å²) in [7, 11) is -1.20. The number of hydrogen-bond donors (Lipinski definition) is 1. The summed E-state index contributed by atoms with van der Waals surface area (Å²) in [6.45, 7) is 6.59. The molecule has 1 saturated heterocycles. The molecule has 140 valence electrons. The fourth-order valence-corrected chi connectivity index (χ4v) is 3.91. The van der Waals surface area contributed by atoms with Gasteiger partial charge < -0.3 is 14.5 Å². The number of nitrogens with one attached hydrogen (secondary N) is 1. The Labute approximate surface area is 156 Å². The summed E-state index contributed by atoms with van der Waals surface area (Å²) in [5.41, 5.74) is 1.07. The number of benzene rings is 1. The first-order valence-electron chi connectivity index (χ1n) is 8.74. The molecule has 1 N–H and O–H groups in total. The lowest BCUT2D eigenvalue weighted by molar-refractivity contribution is 0.0382. The van der Waals surface area contributed by atoms with Crippen molar-refractivity contribution in [3.63, 3.8) is 0 Å². The second-order valence-corrected chi connectivity index (χ2v) is 7.73. The van der Waals surface area contributed by atoms with Crippen molar-refractivity contribution >= 4 is 16.7 Å². The van der Waals surface area contributed by atoms with Crippen molar-refractivity contribution in [2.75, 3.05) is 39.4 Å².